The molecular weight excluding hydrogens is 275 g/mol. The van der Waals surface area contributed by atoms with Gasteiger partial charge in [0, 0.05) is 6.04 Å². The number of rotatable bonds is 4. The van der Waals surface area contributed by atoms with Crippen LogP contribution in [0.3, 0.4) is 0 Å². The van der Waals surface area contributed by atoms with Crippen LogP contribution in [0, 0.1) is 35.2 Å². The van der Waals surface area contributed by atoms with Crippen LogP contribution in [0.5, 0.6) is 0 Å². The summed E-state index contributed by atoms with van der Waals surface area (Å²) in [5.41, 5.74) is 0.514. The first-order chi connectivity index (χ1) is 9.93. The van der Waals surface area contributed by atoms with E-state index < -0.39 is 17.5 Å². The SMILES string of the molecule is CCNC(c1cc(F)c(F)c(F)c1)C1CCC(C)C(C)C1. The standard InChI is InChI=1S/C17H24F3N/c1-4-21-17(12-6-5-10(2)11(3)7-12)13-8-14(18)16(20)15(19)9-13/h8-12,17,21H,4-7H2,1-3H3. The van der Waals surface area contributed by atoms with Gasteiger partial charge in [-0.05, 0) is 54.8 Å². The van der Waals surface area contributed by atoms with Gasteiger partial charge in [0.1, 0.15) is 0 Å². The van der Waals surface area contributed by atoms with E-state index in [0.717, 1.165) is 31.4 Å². The zero-order chi connectivity index (χ0) is 15.6. The fourth-order valence-electron chi connectivity index (χ4n) is 3.42. The van der Waals surface area contributed by atoms with E-state index >= 15 is 0 Å². The van der Waals surface area contributed by atoms with Gasteiger partial charge in [-0.15, -0.1) is 0 Å². The summed E-state index contributed by atoms with van der Waals surface area (Å²) in [5.74, 6) is -1.99. The number of benzene rings is 1. The Labute approximate surface area is 124 Å². The number of hydrogen-bond donors (Lipinski definition) is 1. The molecule has 0 radical (unpaired) electrons. The Kier molecular flexibility index (Phi) is 5.31. The topological polar surface area (TPSA) is 12.0 Å². The van der Waals surface area contributed by atoms with Crippen LogP contribution in [0.15, 0.2) is 12.1 Å². The van der Waals surface area contributed by atoms with Gasteiger partial charge in [0.25, 0.3) is 0 Å². The molecule has 21 heavy (non-hydrogen) atoms. The molecule has 0 bridgehead atoms. The zero-order valence-electron chi connectivity index (χ0n) is 12.9. The predicted molar refractivity (Wildman–Crippen MR) is 78.4 cm³/mol. The van der Waals surface area contributed by atoms with Crippen LogP contribution in [0.4, 0.5) is 13.2 Å². The van der Waals surface area contributed by atoms with Gasteiger partial charge in [-0.25, -0.2) is 13.2 Å². The minimum Gasteiger partial charge on any atom is -0.310 e. The van der Waals surface area contributed by atoms with E-state index in [0.29, 0.717) is 29.9 Å². The molecule has 1 aromatic carbocycles. The molecule has 0 spiro atoms. The van der Waals surface area contributed by atoms with Gasteiger partial charge >= 0.3 is 0 Å². The molecule has 1 aromatic rings. The minimum atomic E-state index is -1.39. The van der Waals surface area contributed by atoms with Crippen molar-refractivity contribution in [3.05, 3.63) is 35.1 Å². The molecule has 0 saturated heterocycles. The van der Waals surface area contributed by atoms with Crippen molar-refractivity contribution in [2.45, 2.75) is 46.1 Å². The van der Waals surface area contributed by atoms with Crippen molar-refractivity contribution in [1.29, 1.82) is 0 Å². The number of halogens is 3. The maximum atomic E-state index is 13.5. The van der Waals surface area contributed by atoms with Crippen LogP contribution in [0.25, 0.3) is 0 Å². The van der Waals surface area contributed by atoms with Gasteiger partial charge in [-0.3, -0.25) is 0 Å². The monoisotopic (exact) mass is 299 g/mol. The Morgan fingerprint density at radius 3 is 2.24 bits per heavy atom. The summed E-state index contributed by atoms with van der Waals surface area (Å²) < 4.78 is 40.2. The molecule has 1 saturated carbocycles. The van der Waals surface area contributed by atoms with Gasteiger partial charge in [-0.1, -0.05) is 27.2 Å². The van der Waals surface area contributed by atoms with E-state index in [1.54, 1.807) is 0 Å². The molecule has 1 aliphatic rings. The van der Waals surface area contributed by atoms with E-state index in [1.165, 1.54) is 0 Å². The second kappa shape index (κ2) is 6.82. The normalized spacial score (nSPS) is 27.6. The molecule has 0 aromatic heterocycles. The van der Waals surface area contributed by atoms with Gasteiger partial charge < -0.3 is 5.32 Å². The summed E-state index contributed by atoms with van der Waals surface area (Å²) in [4.78, 5) is 0. The first kappa shape index (κ1) is 16.3. The first-order valence-corrected chi connectivity index (χ1v) is 7.81. The Bertz CT molecular complexity index is 466. The Hall–Kier alpha value is -1.03. The summed E-state index contributed by atoms with van der Waals surface area (Å²) in [5, 5.41) is 3.32. The van der Waals surface area contributed by atoms with Crippen molar-refractivity contribution in [3.63, 3.8) is 0 Å². The highest BCUT2D eigenvalue weighted by Gasteiger charge is 2.31. The Balaban J connectivity index is 2.26. The average molecular weight is 299 g/mol. The second-order valence-corrected chi connectivity index (χ2v) is 6.36. The lowest BCUT2D eigenvalue weighted by molar-refractivity contribution is 0.171. The second-order valence-electron chi connectivity index (χ2n) is 6.36. The summed E-state index contributed by atoms with van der Waals surface area (Å²) >= 11 is 0. The predicted octanol–water partition coefficient (Wildman–Crippen LogP) is 4.83. The van der Waals surface area contributed by atoms with Crippen LogP contribution in [-0.2, 0) is 0 Å². The lowest BCUT2D eigenvalue weighted by Crippen LogP contribution is -2.33. The van der Waals surface area contributed by atoms with Gasteiger partial charge in [0.2, 0.25) is 0 Å². The molecular formula is C17H24F3N. The van der Waals surface area contributed by atoms with Gasteiger partial charge in [0.15, 0.2) is 17.5 Å². The van der Waals surface area contributed by atoms with Crippen molar-refractivity contribution in [3.8, 4) is 0 Å². The molecule has 0 amide bonds. The third-order valence-corrected chi connectivity index (χ3v) is 4.90. The molecule has 1 N–H and O–H groups in total. The molecule has 1 aliphatic carbocycles. The van der Waals surface area contributed by atoms with Crippen LogP contribution in [-0.4, -0.2) is 6.54 Å². The highest BCUT2D eigenvalue weighted by molar-refractivity contribution is 5.23. The highest BCUT2D eigenvalue weighted by atomic mass is 19.2. The minimum absolute atomic E-state index is 0.116. The van der Waals surface area contributed by atoms with Gasteiger partial charge in [0.05, 0.1) is 0 Å². The Morgan fingerprint density at radius 2 is 1.71 bits per heavy atom. The summed E-state index contributed by atoms with van der Waals surface area (Å²) in [6.07, 6.45) is 3.18. The highest BCUT2D eigenvalue weighted by Crippen LogP contribution is 2.40. The van der Waals surface area contributed by atoms with E-state index in [9.17, 15) is 13.2 Å². The smallest absolute Gasteiger partial charge is 0.194 e. The maximum Gasteiger partial charge on any atom is 0.194 e. The molecule has 4 unspecified atom stereocenters. The quantitative estimate of drug-likeness (QED) is 0.785. The van der Waals surface area contributed by atoms with Crippen LogP contribution in [0.2, 0.25) is 0 Å². The lowest BCUT2D eigenvalue weighted by Gasteiger charge is -2.37. The third kappa shape index (κ3) is 3.60. The Morgan fingerprint density at radius 1 is 1.10 bits per heavy atom. The van der Waals surface area contributed by atoms with E-state index in [-0.39, 0.29) is 6.04 Å². The number of hydrogen-bond acceptors (Lipinski definition) is 1. The molecule has 118 valence electrons. The largest absolute Gasteiger partial charge is 0.310 e. The fraction of sp³-hybridized carbons (Fsp3) is 0.647. The van der Waals surface area contributed by atoms with Crippen LogP contribution in [0.1, 0.15) is 51.6 Å². The maximum absolute atomic E-state index is 13.5. The zero-order valence-corrected chi connectivity index (χ0v) is 12.9. The average Bonchev–Trinajstić information content (AvgIpc) is 2.45. The molecule has 1 nitrogen and oxygen atoms in total. The molecule has 1 fully saturated rings. The summed E-state index contributed by atoms with van der Waals surface area (Å²) in [6.45, 7) is 7.16. The molecule has 0 heterocycles. The summed E-state index contributed by atoms with van der Waals surface area (Å²) in [7, 11) is 0. The van der Waals surface area contributed by atoms with Crippen molar-refractivity contribution in [2.24, 2.45) is 17.8 Å². The molecule has 0 aliphatic heterocycles. The lowest BCUT2D eigenvalue weighted by atomic mass is 9.72. The van der Waals surface area contributed by atoms with Crippen molar-refractivity contribution in [1.82, 2.24) is 5.32 Å². The molecule has 4 atom stereocenters. The number of nitrogens with one attached hydrogen (secondary N) is 1. The van der Waals surface area contributed by atoms with Gasteiger partial charge in [-0.2, -0.15) is 0 Å². The van der Waals surface area contributed by atoms with E-state index in [4.69, 9.17) is 0 Å². The molecule has 2 rings (SSSR count). The van der Waals surface area contributed by atoms with Crippen LogP contribution >= 0.6 is 0 Å². The fourth-order valence-corrected chi connectivity index (χ4v) is 3.42. The van der Waals surface area contributed by atoms with E-state index in [1.807, 2.05) is 6.92 Å². The van der Waals surface area contributed by atoms with Crippen molar-refractivity contribution >= 4 is 0 Å². The third-order valence-electron chi connectivity index (χ3n) is 4.90. The van der Waals surface area contributed by atoms with Crippen LogP contribution < -0.4 is 5.32 Å². The first-order valence-electron chi connectivity index (χ1n) is 7.81. The van der Waals surface area contributed by atoms with Crippen molar-refractivity contribution in [2.75, 3.05) is 6.54 Å². The van der Waals surface area contributed by atoms with E-state index in [2.05, 4.69) is 19.2 Å². The van der Waals surface area contributed by atoms with Crippen molar-refractivity contribution < 1.29 is 13.2 Å². The molecule has 4 heteroatoms. The summed E-state index contributed by atoms with van der Waals surface area (Å²) in [6, 6.07) is 2.15.